The molecule has 5 nitrogen and oxygen atoms in total. The number of halogens is 2. The highest BCUT2D eigenvalue weighted by molar-refractivity contribution is 8.00. The molecule has 28 heavy (non-hydrogen) atoms. The lowest BCUT2D eigenvalue weighted by atomic mass is 10.1. The molecule has 0 saturated carbocycles. The summed E-state index contributed by atoms with van der Waals surface area (Å²) in [5, 5.41) is 0.271. The molecule has 0 bridgehead atoms. The summed E-state index contributed by atoms with van der Waals surface area (Å²) in [5.74, 6) is -0.443. The first kappa shape index (κ1) is 19.2. The van der Waals surface area contributed by atoms with Crippen molar-refractivity contribution in [3.05, 3.63) is 58.4 Å². The zero-order valence-electron chi connectivity index (χ0n) is 15.0. The van der Waals surface area contributed by atoms with E-state index in [0.717, 1.165) is 4.90 Å². The van der Waals surface area contributed by atoms with Crippen molar-refractivity contribution in [2.75, 3.05) is 37.0 Å². The summed E-state index contributed by atoms with van der Waals surface area (Å²) in [6.07, 6.45) is 0. The van der Waals surface area contributed by atoms with Crippen molar-refractivity contribution in [2.24, 2.45) is 0 Å². The van der Waals surface area contributed by atoms with Gasteiger partial charge in [0.25, 0.3) is 5.91 Å². The highest BCUT2D eigenvalue weighted by Gasteiger charge is 2.28. The van der Waals surface area contributed by atoms with Crippen molar-refractivity contribution in [2.45, 2.75) is 11.4 Å². The summed E-state index contributed by atoms with van der Waals surface area (Å²) in [7, 11) is 0. The van der Waals surface area contributed by atoms with Crippen LogP contribution in [-0.4, -0.2) is 48.8 Å². The molecule has 2 heterocycles. The van der Waals surface area contributed by atoms with Crippen LogP contribution in [0.3, 0.4) is 0 Å². The lowest BCUT2D eigenvalue weighted by Crippen LogP contribution is -2.41. The highest BCUT2D eigenvalue weighted by Crippen LogP contribution is 2.38. The van der Waals surface area contributed by atoms with E-state index >= 15 is 0 Å². The Morgan fingerprint density at radius 2 is 2.00 bits per heavy atom. The Labute approximate surface area is 171 Å². The van der Waals surface area contributed by atoms with E-state index in [-0.39, 0.29) is 34.7 Å². The molecule has 2 aromatic rings. The molecule has 0 unspecified atom stereocenters. The number of carbonyl (C=O) groups is 2. The quantitative estimate of drug-likeness (QED) is 0.761. The van der Waals surface area contributed by atoms with Gasteiger partial charge in [0.1, 0.15) is 5.82 Å². The van der Waals surface area contributed by atoms with Crippen LogP contribution >= 0.6 is 23.4 Å². The average molecular weight is 421 g/mol. The molecule has 2 amide bonds. The Hall–Kier alpha value is -2.09. The molecule has 146 valence electrons. The zero-order chi connectivity index (χ0) is 19.7. The zero-order valence-corrected chi connectivity index (χ0v) is 16.6. The Morgan fingerprint density at radius 3 is 2.75 bits per heavy atom. The highest BCUT2D eigenvalue weighted by atomic mass is 35.5. The molecule has 8 heteroatoms. The lowest BCUT2D eigenvalue weighted by Gasteiger charge is -2.31. The van der Waals surface area contributed by atoms with Crippen LogP contribution < -0.4 is 4.90 Å². The number of fused-ring (bicyclic) bond motifs is 1. The largest absolute Gasteiger partial charge is 0.378 e. The number of thioether (sulfide) groups is 1. The molecule has 0 aliphatic carbocycles. The molecule has 0 radical (unpaired) electrons. The van der Waals surface area contributed by atoms with Crippen LogP contribution in [-0.2, 0) is 16.1 Å². The number of carbonyl (C=O) groups excluding carboxylic acids is 2. The first-order valence-corrected chi connectivity index (χ1v) is 10.3. The summed E-state index contributed by atoms with van der Waals surface area (Å²) in [5.41, 5.74) is 1.38. The van der Waals surface area contributed by atoms with Gasteiger partial charge in [-0.05, 0) is 30.3 Å². The van der Waals surface area contributed by atoms with Gasteiger partial charge in [0.15, 0.2) is 0 Å². The van der Waals surface area contributed by atoms with Crippen molar-refractivity contribution in [1.82, 2.24) is 4.90 Å². The van der Waals surface area contributed by atoms with E-state index in [0.29, 0.717) is 37.6 Å². The van der Waals surface area contributed by atoms with Gasteiger partial charge in [0.05, 0.1) is 31.2 Å². The predicted octanol–water partition coefficient (Wildman–Crippen LogP) is 3.59. The van der Waals surface area contributed by atoms with Crippen molar-refractivity contribution in [3.8, 4) is 0 Å². The van der Waals surface area contributed by atoms with Crippen LogP contribution in [0.1, 0.15) is 15.9 Å². The van der Waals surface area contributed by atoms with Gasteiger partial charge in [0.2, 0.25) is 5.91 Å². The molecule has 1 saturated heterocycles. The number of hydrogen-bond donors (Lipinski definition) is 0. The maximum absolute atomic E-state index is 14.3. The van der Waals surface area contributed by atoms with Crippen LogP contribution in [0.15, 0.2) is 41.3 Å². The summed E-state index contributed by atoms with van der Waals surface area (Å²) < 4.78 is 19.6. The van der Waals surface area contributed by atoms with Gasteiger partial charge in [-0.25, -0.2) is 4.39 Å². The third kappa shape index (κ3) is 3.74. The SMILES string of the molecule is O=C(c1ccc2c(c1)N(Cc1c(F)cccc1Cl)C(=O)CS2)N1CCOCC1. The van der Waals surface area contributed by atoms with Crippen LogP contribution in [0.25, 0.3) is 0 Å². The Bertz CT molecular complexity index is 913. The first-order chi connectivity index (χ1) is 13.5. The molecule has 4 rings (SSSR count). The summed E-state index contributed by atoms with van der Waals surface area (Å²) in [6, 6.07) is 9.78. The van der Waals surface area contributed by atoms with Gasteiger partial charge in [-0.3, -0.25) is 9.59 Å². The van der Waals surface area contributed by atoms with Gasteiger partial charge in [-0.2, -0.15) is 0 Å². The van der Waals surface area contributed by atoms with Gasteiger partial charge >= 0.3 is 0 Å². The molecular weight excluding hydrogens is 403 g/mol. The third-order valence-corrected chi connectivity index (χ3v) is 6.23. The van der Waals surface area contributed by atoms with E-state index in [1.54, 1.807) is 23.1 Å². The number of amides is 2. The normalized spacial score (nSPS) is 16.9. The monoisotopic (exact) mass is 420 g/mol. The fourth-order valence-corrected chi connectivity index (χ4v) is 4.44. The second-order valence-electron chi connectivity index (χ2n) is 6.56. The van der Waals surface area contributed by atoms with Gasteiger partial charge < -0.3 is 14.5 Å². The maximum atomic E-state index is 14.3. The fourth-order valence-electron chi connectivity index (χ4n) is 3.30. The van der Waals surface area contributed by atoms with Crippen LogP contribution in [0, 0.1) is 5.82 Å². The van der Waals surface area contributed by atoms with E-state index in [2.05, 4.69) is 0 Å². The second-order valence-corrected chi connectivity index (χ2v) is 7.98. The standard InChI is InChI=1S/C20H18ClFN2O3S/c21-15-2-1-3-16(22)14(15)11-24-17-10-13(4-5-18(17)28-12-19(24)25)20(26)23-6-8-27-9-7-23/h1-5,10H,6-9,11-12H2. The molecule has 1 fully saturated rings. The summed E-state index contributed by atoms with van der Waals surface area (Å²) >= 11 is 7.56. The molecule has 2 aliphatic rings. The van der Waals surface area contributed by atoms with E-state index in [1.165, 1.54) is 28.8 Å². The van der Waals surface area contributed by atoms with Crippen molar-refractivity contribution >= 4 is 40.9 Å². The summed E-state index contributed by atoms with van der Waals surface area (Å²) in [4.78, 5) is 29.5. The van der Waals surface area contributed by atoms with E-state index in [4.69, 9.17) is 16.3 Å². The number of benzene rings is 2. The van der Waals surface area contributed by atoms with Gasteiger partial charge in [-0.1, -0.05) is 17.7 Å². The van der Waals surface area contributed by atoms with Crippen molar-refractivity contribution in [3.63, 3.8) is 0 Å². The number of nitrogens with zero attached hydrogens (tertiary/aromatic N) is 2. The Balaban J connectivity index is 1.67. The maximum Gasteiger partial charge on any atom is 0.254 e. The minimum absolute atomic E-state index is 0.0209. The minimum Gasteiger partial charge on any atom is -0.378 e. The second kappa shape index (κ2) is 8.11. The molecule has 0 spiro atoms. The average Bonchev–Trinajstić information content (AvgIpc) is 2.72. The lowest BCUT2D eigenvalue weighted by molar-refractivity contribution is -0.116. The van der Waals surface area contributed by atoms with Crippen LogP contribution in [0.5, 0.6) is 0 Å². The molecule has 0 aromatic heterocycles. The van der Waals surface area contributed by atoms with E-state index in [9.17, 15) is 14.0 Å². The van der Waals surface area contributed by atoms with Gasteiger partial charge in [0, 0.05) is 34.1 Å². The Morgan fingerprint density at radius 1 is 1.21 bits per heavy atom. The topological polar surface area (TPSA) is 49.9 Å². The number of morpholine rings is 1. The first-order valence-electron chi connectivity index (χ1n) is 8.92. The number of anilines is 1. The Kier molecular flexibility index (Phi) is 5.57. The smallest absolute Gasteiger partial charge is 0.254 e. The molecule has 2 aliphatic heterocycles. The fraction of sp³-hybridized carbons (Fsp3) is 0.300. The van der Waals surface area contributed by atoms with Crippen LogP contribution in [0.2, 0.25) is 5.02 Å². The number of rotatable bonds is 3. The minimum atomic E-state index is -0.458. The predicted molar refractivity (Wildman–Crippen MR) is 106 cm³/mol. The third-order valence-electron chi connectivity index (χ3n) is 4.83. The molecule has 0 N–H and O–H groups in total. The summed E-state index contributed by atoms with van der Waals surface area (Å²) in [6.45, 7) is 2.13. The van der Waals surface area contributed by atoms with E-state index < -0.39 is 5.82 Å². The number of hydrogen-bond acceptors (Lipinski definition) is 4. The molecular formula is C20H18ClFN2O3S. The van der Waals surface area contributed by atoms with Gasteiger partial charge in [-0.15, -0.1) is 11.8 Å². The van der Waals surface area contributed by atoms with E-state index in [1.807, 2.05) is 6.07 Å². The van der Waals surface area contributed by atoms with Crippen LogP contribution in [0.4, 0.5) is 10.1 Å². The molecule has 2 aromatic carbocycles. The van der Waals surface area contributed by atoms with Crippen molar-refractivity contribution < 1.29 is 18.7 Å². The van der Waals surface area contributed by atoms with Crippen molar-refractivity contribution in [1.29, 1.82) is 0 Å². The number of ether oxygens (including phenoxy) is 1. The molecule has 0 atom stereocenters.